The Hall–Kier alpha value is -1.51. The van der Waals surface area contributed by atoms with Gasteiger partial charge in [-0.05, 0) is 11.6 Å². The van der Waals surface area contributed by atoms with Crippen LogP contribution in [0.15, 0.2) is 24.3 Å². The van der Waals surface area contributed by atoms with Gasteiger partial charge in [0.2, 0.25) is 0 Å². The molecule has 1 N–H and O–H groups in total. The zero-order chi connectivity index (χ0) is 11.1. The van der Waals surface area contributed by atoms with Crippen molar-refractivity contribution in [1.29, 1.82) is 0 Å². The van der Waals surface area contributed by atoms with E-state index < -0.39 is 0 Å². The Kier molecular flexibility index (Phi) is 2.18. The van der Waals surface area contributed by atoms with Gasteiger partial charge in [-0.2, -0.15) is 0 Å². The molecule has 3 heteroatoms. The molecule has 1 aliphatic heterocycles. The molecule has 3 nitrogen and oxygen atoms in total. The molecular formula is C12H16N2O. The summed E-state index contributed by atoms with van der Waals surface area (Å²) in [5, 5.41) is 2.91. The summed E-state index contributed by atoms with van der Waals surface area (Å²) in [4.78, 5) is 13.4. The minimum absolute atomic E-state index is 0.00942. The van der Waals surface area contributed by atoms with E-state index in [1.54, 1.807) is 4.90 Å². The lowest BCUT2D eigenvalue weighted by molar-refractivity contribution is 0.214. The minimum atomic E-state index is -0.0342. The second kappa shape index (κ2) is 3.26. The van der Waals surface area contributed by atoms with Gasteiger partial charge in [-0.1, -0.05) is 32.0 Å². The summed E-state index contributed by atoms with van der Waals surface area (Å²) >= 11 is 0. The van der Waals surface area contributed by atoms with Gasteiger partial charge in [-0.15, -0.1) is 0 Å². The van der Waals surface area contributed by atoms with Crippen molar-refractivity contribution in [2.24, 2.45) is 0 Å². The third-order valence-corrected chi connectivity index (χ3v) is 2.88. The predicted octanol–water partition coefficient (Wildman–Crippen LogP) is 2.44. The average Bonchev–Trinajstić information content (AvgIpc) is 2.24. The first-order valence-electron chi connectivity index (χ1n) is 5.12. The number of carbonyl (C=O) groups excluding carboxylic acids is 1. The van der Waals surface area contributed by atoms with Crippen LogP contribution in [0.5, 0.6) is 0 Å². The first kappa shape index (κ1) is 10.0. The summed E-state index contributed by atoms with van der Waals surface area (Å²) in [5.41, 5.74) is 2.12. The fraction of sp³-hybridized carbons (Fsp3) is 0.417. The first-order valence-corrected chi connectivity index (χ1v) is 5.12. The highest BCUT2D eigenvalue weighted by molar-refractivity contribution is 5.91. The average molecular weight is 204 g/mol. The van der Waals surface area contributed by atoms with Gasteiger partial charge < -0.3 is 10.2 Å². The van der Waals surface area contributed by atoms with Gasteiger partial charge in [0.1, 0.15) is 0 Å². The molecule has 0 aliphatic carbocycles. The first-order chi connectivity index (χ1) is 7.00. The Bertz CT molecular complexity index is 398. The third-order valence-electron chi connectivity index (χ3n) is 2.88. The van der Waals surface area contributed by atoms with Crippen LogP contribution in [0.2, 0.25) is 0 Å². The molecule has 0 radical (unpaired) electrons. The molecule has 1 aliphatic rings. The molecule has 0 fully saturated rings. The Balaban J connectivity index is 2.52. The predicted molar refractivity (Wildman–Crippen MR) is 61.1 cm³/mol. The van der Waals surface area contributed by atoms with E-state index in [4.69, 9.17) is 0 Å². The van der Waals surface area contributed by atoms with Crippen molar-refractivity contribution in [3.63, 3.8) is 0 Å². The van der Waals surface area contributed by atoms with E-state index in [1.165, 1.54) is 5.56 Å². The van der Waals surface area contributed by atoms with E-state index in [1.807, 2.05) is 25.2 Å². The number of carbonyl (C=O) groups is 1. The summed E-state index contributed by atoms with van der Waals surface area (Å²) in [6, 6.07) is 7.95. The quantitative estimate of drug-likeness (QED) is 0.691. The van der Waals surface area contributed by atoms with Crippen LogP contribution in [0, 0.1) is 0 Å². The molecule has 1 heterocycles. The number of fused-ring (bicyclic) bond motifs is 1. The van der Waals surface area contributed by atoms with Crippen LogP contribution in [0.1, 0.15) is 19.4 Å². The Morgan fingerprint density at radius 2 is 2.00 bits per heavy atom. The summed E-state index contributed by atoms with van der Waals surface area (Å²) in [5.74, 6) is 0. The summed E-state index contributed by atoms with van der Waals surface area (Å²) in [6.45, 7) is 5.04. The Labute approximate surface area is 90.1 Å². The van der Waals surface area contributed by atoms with Gasteiger partial charge in [0, 0.05) is 24.7 Å². The molecular weight excluding hydrogens is 188 g/mol. The summed E-state index contributed by atoms with van der Waals surface area (Å²) < 4.78 is 0. The van der Waals surface area contributed by atoms with Crippen molar-refractivity contribution >= 4 is 11.7 Å². The van der Waals surface area contributed by atoms with Crippen molar-refractivity contribution < 1.29 is 4.79 Å². The molecule has 0 spiro atoms. The Morgan fingerprint density at radius 3 is 2.73 bits per heavy atom. The lowest BCUT2D eigenvalue weighted by atomic mass is 9.83. The standard InChI is InChI=1S/C12H16N2O/c1-12(2)8-14(3)11(15)13-10-7-5-4-6-9(10)12/h4-7H,8H2,1-3H3,(H,13,15). The Morgan fingerprint density at radius 1 is 1.33 bits per heavy atom. The van der Waals surface area contributed by atoms with Crippen LogP contribution in [0.4, 0.5) is 10.5 Å². The van der Waals surface area contributed by atoms with Crippen molar-refractivity contribution in [2.45, 2.75) is 19.3 Å². The number of para-hydroxylation sites is 1. The molecule has 2 rings (SSSR count). The van der Waals surface area contributed by atoms with Gasteiger partial charge in [-0.25, -0.2) is 4.79 Å². The monoisotopic (exact) mass is 204 g/mol. The van der Waals surface area contributed by atoms with Crippen molar-refractivity contribution in [2.75, 3.05) is 18.9 Å². The number of nitrogens with one attached hydrogen (secondary N) is 1. The van der Waals surface area contributed by atoms with Crippen LogP contribution in [-0.4, -0.2) is 24.5 Å². The normalized spacial score (nSPS) is 19.1. The number of nitrogens with zero attached hydrogens (tertiary/aromatic N) is 1. The molecule has 80 valence electrons. The second-order valence-corrected chi connectivity index (χ2v) is 4.72. The second-order valence-electron chi connectivity index (χ2n) is 4.72. The van der Waals surface area contributed by atoms with Gasteiger partial charge in [0.15, 0.2) is 0 Å². The van der Waals surface area contributed by atoms with Crippen LogP contribution in [0.3, 0.4) is 0 Å². The maximum Gasteiger partial charge on any atom is 0.321 e. The summed E-state index contributed by atoms with van der Waals surface area (Å²) in [6.07, 6.45) is 0. The number of hydrogen-bond donors (Lipinski definition) is 1. The maximum absolute atomic E-state index is 11.7. The SMILES string of the molecule is CN1CC(C)(C)c2ccccc2NC1=O. The van der Waals surface area contributed by atoms with E-state index in [9.17, 15) is 4.79 Å². The molecule has 1 aromatic carbocycles. The van der Waals surface area contributed by atoms with Crippen molar-refractivity contribution in [1.82, 2.24) is 4.90 Å². The molecule has 15 heavy (non-hydrogen) atoms. The van der Waals surface area contributed by atoms with Gasteiger partial charge in [-0.3, -0.25) is 0 Å². The lowest BCUT2D eigenvalue weighted by Gasteiger charge is -2.27. The van der Waals surface area contributed by atoms with Crippen LogP contribution in [-0.2, 0) is 5.41 Å². The lowest BCUT2D eigenvalue weighted by Crippen LogP contribution is -2.36. The fourth-order valence-electron chi connectivity index (χ4n) is 2.14. The van der Waals surface area contributed by atoms with Gasteiger partial charge in [0.25, 0.3) is 0 Å². The van der Waals surface area contributed by atoms with E-state index in [0.29, 0.717) is 0 Å². The topological polar surface area (TPSA) is 32.3 Å². The molecule has 0 saturated carbocycles. The number of rotatable bonds is 0. The minimum Gasteiger partial charge on any atom is -0.327 e. The highest BCUT2D eigenvalue weighted by Crippen LogP contribution is 2.32. The van der Waals surface area contributed by atoms with Crippen LogP contribution < -0.4 is 5.32 Å². The maximum atomic E-state index is 11.7. The van der Waals surface area contributed by atoms with Crippen LogP contribution >= 0.6 is 0 Å². The smallest absolute Gasteiger partial charge is 0.321 e. The highest BCUT2D eigenvalue weighted by Gasteiger charge is 2.30. The van der Waals surface area contributed by atoms with Crippen LogP contribution in [0.25, 0.3) is 0 Å². The number of benzene rings is 1. The van der Waals surface area contributed by atoms with Gasteiger partial charge in [0.05, 0.1) is 0 Å². The third kappa shape index (κ3) is 1.69. The highest BCUT2D eigenvalue weighted by atomic mass is 16.2. The van der Waals surface area contributed by atoms with Gasteiger partial charge >= 0.3 is 6.03 Å². The van der Waals surface area contributed by atoms with E-state index in [2.05, 4.69) is 25.2 Å². The van der Waals surface area contributed by atoms with E-state index in [0.717, 1.165) is 12.2 Å². The zero-order valence-corrected chi connectivity index (χ0v) is 9.37. The molecule has 2 amide bonds. The number of hydrogen-bond acceptors (Lipinski definition) is 1. The molecule has 0 saturated heterocycles. The molecule has 0 atom stereocenters. The number of anilines is 1. The zero-order valence-electron chi connectivity index (χ0n) is 9.37. The van der Waals surface area contributed by atoms with Crippen molar-refractivity contribution in [3.8, 4) is 0 Å². The molecule has 0 bridgehead atoms. The number of urea groups is 1. The summed E-state index contributed by atoms with van der Waals surface area (Å²) in [7, 11) is 1.82. The molecule has 1 aromatic rings. The molecule has 0 unspecified atom stereocenters. The largest absolute Gasteiger partial charge is 0.327 e. The number of likely N-dealkylation sites (N-methyl/N-ethyl adjacent to an activating group) is 1. The molecule has 0 aromatic heterocycles. The van der Waals surface area contributed by atoms with E-state index in [-0.39, 0.29) is 11.4 Å². The fourth-order valence-corrected chi connectivity index (χ4v) is 2.14. The van der Waals surface area contributed by atoms with Crippen molar-refractivity contribution in [3.05, 3.63) is 29.8 Å². The number of amides is 2. The van der Waals surface area contributed by atoms with E-state index >= 15 is 0 Å².